The van der Waals surface area contributed by atoms with Crippen LogP contribution in [0.5, 0.6) is 5.75 Å². The minimum atomic E-state index is -3.89. The van der Waals surface area contributed by atoms with E-state index in [4.69, 9.17) is 9.15 Å². The molecule has 1 atom stereocenters. The van der Waals surface area contributed by atoms with Crippen LogP contribution >= 0.6 is 0 Å². The van der Waals surface area contributed by atoms with Crippen molar-refractivity contribution in [2.24, 2.45) is 0 Å². The number of nitrogens with one attached hydrogen (secondary N) is 1. The van der Waals surface area contributed by atoms with Crippen molar-refractivity contribution in [1.82, 2.24) is 4.72 Å². The third-order valence-electron chi connectivity index (χ3n) is 4.63. The number of fused-ring (bicyclic) bond motifs is 1. The molecule has 0 aliphatic carbocycles. The number of rotatable bonds is 7. The minimum Gasteiger partial charge on any atom is -0.425 e. The molecule has 1 N–H and O–H groups in total. The van der Waals surface area contributed by atoms with Gasteiger partial charge in [0.25, 0.3) is 0 Å². The van der Waals surface area contributed by atoms with E-state index in [1.807, 2.05) is 13.8 Å². The zero-order valence-corrected chi connectivity index (χ0v) is 17.8. The first-order chi connectivity index (χ1) is 14.2. The maximum atomic E-state index is 12.7. The van der Waals surface area contributed by atoms with Gasteiger partial charge in [0.15, 0.2) is 0 Å². The number of hydrogen-bond donors (Lipinski definition) is 1. The summed E-state index contributed by atoms with van der Waals surface area (Å²) in [6, 6.07) is 11.4. The van der Waals surface area contributed by atoms with E-state index >= 15 is 0 Å². The highest BCUT2D eigenvalue weighted by Crippen LogP contribution is 2.23. The molecule has 3 aromatic rings. The van der Waals surface area contributed by atoms with Gasteiger partial charge in [-0.1, -0.05) is 31.0 Å². The molecule has 0 saturated heterocycles. The first-order valence-corrected chi connectivity index (χ1v) is 11.0. The summed E-state index contributed by atoms with van der Waals surface area (Å²) in [4.78, 5) is 24.4. The molecule has 0 bridgehead atoms. The summed E-state index contributed by atoms with van der Waals surface area (Å²) in [5, 5.41) is 0.722. The Labute approximate surface area is 174 Å². The van der Waals surface area contributed by atoms with Crippen LogP contribution in [0.3, 0.4) is 0 Å². The van der Waals surface area contributed by atoms with Crippen LogP contribution in [-0.2, 0) is 14.8 Å². The molecule has 0 unspecified atom stereocenters. The lowest BCUT2D eigenvalue weighted by molar-refractivity contribution is -0.136. The van der Waals surface area contributed by atoms with Crippen molar-refractivity contribution in [2.75, 3.05) is 0 Å². The molecular weight excluding hydrogens is 406 g/mol. The monoisotopic (exact) mass is 429 g/mol. The van der Waals surface area contributed by atoms with Gasteiger partial charge in [0.05, 0.1) is 4.90 Å². The Morgan fingerprint density at radius 2 is 1.80 bits per heavy atom. The predicted molar refractivity (Wildman–Crippen MR) is 113 cm³/mol. The molecule has 1 heterocycles. The zero-order valence-electron chi connectivity index (χ0n) is 17.0. The Morgan fingerprint density at radius 3 is 2.47 bits per heavy atom. The van der Waals surface area contributed by atoms with Crippen LogP contribution < -0.4 is 15.1 Å². The molecule has 0 fully saturated rings. The second-order valence-electron chi connectivity index (χ2n) is 7.10. The smallest absolute Gasteiger partial charge is 0.336 e. The number of sulfonamides is 1. The summed E-state index contributed by atoms with van der Waals surface area (Å²) in [6.45, 7) is 5.48. The van der Waals surface area contributed by atoms with Gasteiger partial charge in [-0.2, -0.15) is 4.72 Å². The van der Waals surface area contributed by atoms with Crippen LogP contribution in [0, 0.1) is 13.8 Å². The van der Waals surface area contributed by atoms with Crippen molar-refractivity contribution in [1.29, 1.82) is 0 Å². The van der Waals surface area contributed by atoms with Crippen molar-refractivity contribution in [3.8, 4) is 5.75 Å². The molecule has 0 amide bonds. The van der Waals surface area contributed by atoms with E-state index in [9.17, 15) is 18.0 Å². The Hall–Kier alpha value is -2.97. The molecule has 0 saturated carbocycles. The highest BCUT2D eigenvalue weighted by molar-refractivity contribution is 7.89. The zero-order chi connectivity index (χ0) is 21.9. The Bertz CT molecular complexity index is 1230. The average Bonchev–Trinajstić information content (AvgIpc) is 2.67. The first kappa shape index (κ1) is 21.7. The van der Waals surface area contributed by atoms with E-state index in [1.54, 1.807) is 31.2 Å². The van der Waals surface area contributed by atoms with E-state index in [2.05, 4.69) is 4.72 Å². The molecular formula is C22H23NO6S. The number of aryl methyl sites for hydroxylation is 2. The Morgan fingerprint density at radius 1 is 1.10 bits per heavy atom. The SMILES string of the molecule is CCC[C@@H](NS(=O)(=O)c1ccc(C)cc1)C(=O)Oc1ccc2c(C)cc(=O)oc2c1. The molecule has 0 spiro atoms. The molecule has 8 heteroatoms. The van der Waals surface area contributed by atoms with Gasteiger partial charge in [-0.15, -0.1) is 0 Å². The molecule has 7 nitrogen and oxygen atoms in total. The van der Waals surface area contributed by atoms with Crippen molar-refractivity contribution in [3.05, 3.63) is 70.1 Å². The van der Waals surface area contributed by atoms with Gasteiger partial charge in [0, 0.05) is 17.5 Å². The fourth-order valence-corrected chi connectivity index (χ4v) is 4.26. The van der Waals surface area contributed by atoms with Gasteiger partial charge >= 0.3 is 11.6 Å². The van der Waals surface area contributed by atoms with Crippen molar-refractivity contribution in [3.63, 3.8) is 0 Å². The highest BCUT2D eigenvalue weighted by Gasteiger charge is 2.27. The van der Waals surface area contributed by atoms with Crippen molar-refractivity contribution >= 4 is 27.0 Å². The third kappa shape index (κ3) is 4.95. The lowest BCUT2D eigenvalue weighted by Crippen LogP contribution is -2.42. The number of carbonyl (C=O) groups is 1. The van der Waals surface area contributed by atoms with Crippen LogP contribution in [-0.4, -0.2) is 20.4 Å². The Kier molecular flexibility index (Phi) is 6.38. The predicted octanol–water partition coefficient (Wildman–Crippen LogP) is 3.46. The number of carbonyl (C=O) groups excluding carboxylic acids is 1. The number of ether oxygens (including phenoxy) is 1. The maximum absolute atomic E-state index is 12.7. The van der Waals surface area contributed by atoms with Crippen molar-refractivity contribution < 1.29 is 22.4 Å². The Balaban J connectivity index is 1.82. The molecule has 3 rings (SSSR count). The average molecular weight is 429 g/mol. The number of esters is 1. The summed E-state index contributed by atoms with van der Waals surface area (Å²) in [5.41, 5.74) is 1.46. The standard InChI is InChI=1S/C22H23NO6S/c1-4-5-19(23-30(26,27)17-9-6-14(2)7-10-17)22(25)28-16-8-11-18-15(3)12-21(24)29-20(18)13-16/h6-13,19,23H,4-5H2,1-3H3/t19-/m1/s1. The largest absolute Gasteiger partial charge is 0.425 e. The van der Waals surface area contributed by atoms with E-state index in [0.717, 1.165) is 16.5 Å². The molecule has 158 valence electrons. The van der Waals surface area contributed by atoms with E-state index < -0.39 is 27.7 Å². The normalized spacial score (nSPS) is 12.6. The van der Waals surface area contributed by atoms with E-state index in [-0.39, 0.29) is 22.6 Å². The summed E-state index contributed by atoms with van der Waals surface area (Å²) < 4.78 is 38.3. The van der Waals surface area contributed by atoms with Gasteiger partial charge in [0.1, 0.15) is 17.4 Å². The molecule has 0 radical (unpaired) electrons. The molecule has 0 aliphatic heterocycles. The second kappa shape index (κ2) is 8.81. The van der Waals surface area contributed by atoms with E-state index in [1.165, 1.54) is 24.3 Å². The van der Waals surface area contributed by atoms with Gasteiger partial charge in [-0.05, 0) is 50.1 Å². The van der Waals surface area contributed by atoms with Crippen LogP contribution in [0.15, 0.2) is 62.6 Å². The highest BCUT2D eigenvalue weighted by atomic mass is 32.2. The summed E-state index contributed by atoms with van der Waals surface area (Å²) >= 11 is 0. The first-order valence-electron chi connectivity index (χ1n) is 9.55. The third-order valence-corrected chi connectivity index (χ3v) is 6.12. The molecule has 2 aromatic carbocycles. The lowest BCUT2D eigenvalue weighted by Gasteiger charge is -2.17. The second-order valence-corrected chi connectivity index (χ2v) is 8.82. The van der Waals surface area contributed by atoms with Crippen molar-refractivity contribution in [2.45, 2.75) is 44.6 Å². The quantitative estimate of drug-likeness (QED) is 0.351. The fraction of sp³-hybridized carbons (Fsp3) is 0.273. The van der Waals surface area contributed by atoms with Gasteiger partial charge in [0.2, 0.25) is 10.0 Å². The van der Waals surface area contributed by atoms with Crippen LogP contribution in [0.25, 0.3) is 11.0 Å². The van der Waals surface area contributed by atoms with Crippen LogP contribution in [0.2, 0.25) is 0 Å². The molecule has 30 heavy (non-hydrogen) atoms. The molecule has 1 aromatic heterocycles. The summed E-state index contributed by atoms with van der Waals surface area (Å²) in [7, 11) is -3.89. The van der Waals surface area contributed by atoms with Gasteiger partial charge in [-0.25, -0.2) is 18.0 Å². The maximum Gasteiger partial charge on any atom is 0.336 e. The van der Waals surface area contributed by atoms with Crippen LogP contribution in [0.4, 0.5) is 0 Å². The fourth-order valence-electron chi connectivity index (χ4n) is 3.04. The van der Waals surface area contributed by atoms with Gasteiger partial charge < -0.3 is 9.15 Å². The summed E-state index contributed by atoms with van der Waals surface area (Å²) in [5.74, 6) is -0.571. The number of benzene rings is 2. The lowest BCUT2D eigenvalue weighted by atomic mass is 10.1. The minimum absolute atomic E-state index is 0.0740. The van der Waals surface area contributed by atoms with E-state index in [0.29, 0.717) is 6.42 Å². The summed E-state index contributed by atoms with van der Waals surface area (Å²) in [6.07, 6.45) is 0.841. The topological polar surface area (TPSA) is 103 Å². The molecule has 0 aliphatic rings. The van der Waals surface area contributed by atoms with Crippen LogP contribution in [0.1, 0.15) is 30.9 Å². The van der Waals surface area contributed by atoms with Gasteiger partial charge in [-0.3, -0.25) is 0 Å². The number of hydrogen-bond acceptors (Lipinski definition) is 6.